The molecule has 1 N–H and O–H groups in total. The van der Waals surface area contributed by atoms with E-state index in [0.717, 1.165) is 0 Å². The Balaban J connectivity index is 3.05. The topological polar surface area (TPSA) is 46.9 Å². The first-order valence-corrected chi connectivity index (χ1v) is 5.77. The van der Waals surface area contributed by atoms with Gasteiger partial charge < -0.3 is 9.88 Å². The summed E-state index contributed by atoms with van der Waals surface area (Å²) in [7, 11) is 0. The van der Waals surface area contributed by atoms with Gasteiger partial charge in [0.15, 0.2) is 5.82 Å². The maximum atomic E-state index is 12.1. The number of nitrogens with one attached hydrogen (secondary N) is 1. The van der Waals surface area contributed by atoms with Gasteiger partial charge in [0.25, 0.3) is 5.56 Å². The van der Waals surface area contributed by atoms with Crippen LogP contribution in [0.15, 0.2) is 17.2 Å². The highest BCUT2D eigenvalue weighted by molar-refractivity contribution is 5.35. The van der Waals surface area contributed by atoms with Crippen molar-refractivity contribution in [3.63, 3.8) is 0 Å². The van der Waals surface area contributed by atoms with Gasteiger partial charge in [0.05, 0.1) is 6.04 Å². The number of rotatable bonds is 4. The standard InChI is InChI=1S/C13H19N3O/c1-6-11(9(2)3)15-12-13(17)16(10(4)5)8-7-14-12/h1,7-11H,2-5H3,(H,14,15). The number of nitrogens with zero attached hydrogens (tertiary/aromatic N) is 2. The third-order valence-electron chi connectivity index (χ3n) is 2.56. The molecular formula is C13H19N3O. The lowest BCUT2D eigenvalue weighted by atomic mass is 10.1. The van der Waals surface area contributed by atoms with Crippen LogP contribution in [0, 0.1) is 18.3 Å². The molecule has 0 fully saturated rings. The largest absolute Gasteiger partial charge is 0.352 e. The van der Waals surface area contributed by atoms with Crippen molar-refractivity contribution in [2.45, 2.75) is 39.8 Å². The van der Waals surface area contributed by atoms with Crippen molar-refractivity contribution in [2.24, 2.45) is 5.92 Å². The molecular weight excluding hydrogens is 214 g/mol. The zero-order chi connectivity index (χ0) is 13.0. The summed E-state index contributed by atoms with van der Waals surface area (Å²) in [6.45, 7) is 7.90. The second-order valence-electron chi connectivity index (χ2n) is 4.61. The molecule has 0 aromatic carbocycles. The second-order valence-corrected chi connectivity index (χ2v) is 4.61. The molecule has 92 valence electrons. The van der Waals surface area contributed by atoms with E-state index in [1.165, 1.54) is 0 Å². The first kappa shape index (κ1) is 13.3. The third-order valence-corrected chi connectivity index (χ3v) is 2.56. The minimum absolute atomic E-state index is 0.106. The van der Waals surface area contributed by atoms with Crippen molar-refractivity contribution >= 4 is 5.82 Å². The molecule has 0 aliphatic heterocycles. The summed E-state index contributed by atoms with van der Waals surface area (Å²) in [5.41, 5.74) is -0.136. The Bertz CT molecular complexity index is 468. The van der Waals surface area contributed by atoms with Gasteiger partial charge in [-0.05, 0) is 19.8 Å². The smallest absolute Gasteiger partial charge is 0.293 e. The summed E-state index contributed by atoms with van der Waals surface area (Å²) >= 11 is 0. The highest BCUT2D eigenvalue weighted by Crippen LogP contribution is 2.07. The molecule has 1 aromatic rings. The van der Waals surface area contributed by atoms with Crippen LogP contribution >= 0.6 is 0 Å². The van der Waals surface area contributed by atoms with E-state index in [2.05, 4.69) is 16.2 Å². The van der Waals surface area contributed by atoms with Crippen molar-refractivity contribution in [2.75, 3.05) is 5.32 Å². The van der Waals surface area contributed by atoms with Gasteiger partial charge in [0.1, 0.15) is 0 Å². The minimum Gasteiger partial charge on any atom is -0.352 e. The number of aromatic nitrogens is 2. The van der Waals surface area contributed by atoms with E-state index in [1.54, 1.807) is 17.0 Å². The molecule has 1 atom stereocenters. The molecule has 0 amide bonds. The molecule has 1 unspecified atom stereocenters. The Morgan fingerprint density at radius 1 is 1.41 bits per heavy atom. The Morgan fingerprint density at radius 2 is 2.06 bits per heavy atom. The summed E-state index contributed by atoms with van der Waals surface area (Å²) in [4.78, 5) is 16.1. The number of hydrogen-bond acceptors (Lipinski definition) is 3. The Morgan fingerprint density at radius 3 is 2.53 bits per heavy atom. The lowest BCUT2D eigenvalue weighted by molar-refractivity contribution is 0.569. The van der Waals surface area contributed by atoms with Gasteiger partial charge in [-0.15, -0.1) is 6.42 Å². The molecule has 0 aliphatic rings. The SMILES string of the molecule is C#CC(Nc1nccn(C(C)C)c1=O)C(C)C. The van der Waals surface area contributed by atoms with Crippen LogP contribution in [0.4, 0.5) is 5.82 Å². The molecule has 4 heteroatoms. The predicted molar refractivity (Wildman–Crippen MR) is 70.0 cm³/mol. The van der Waals surface area contributed by atoms with Crippen LogP contribution in [0.5, 0.6) is 0 Å². The predicted octanol–water partition coefficient (Wildman–Crippen LogP) is 1.89. The van der Waals surface area contributed by atoms with Crippen LogP contribution in [0.1, 0.15) is 33.7 Å². The highest BCUT2D eigenvalue weighted by atomic mass is 16.1. The second kappa shape index (κ2) is 5.53. The van der Waals surface area contributed by atoms with E-state index in [-0.39, 0.29) is 23.6 Å². The van der Waals surface area contributed by atoms with E-state index in [0.29, 0.717) is 5.82 Å². The van der Waals surface area contributed by atoms with E-state index < -0.39 is 0 Å². The van der Waals surface area contributed by atoms with Crippen LogP contribution in [-0.2, 0) is 0 Å². The monoisotopic (exact) mass is 233 g/mol. The zero-order valence-electron chi connectivity index (χ0n) is 10.8. The molecule has 0 saturated heterocycles. The van der Waals surface area contributed by atoms with Crippen molar-refractivity contribution < 1.29 is 0 Å². The average Bonchev–Trinajstić information content (AvgIpc) is 2.26. The van der Waals surface area contributed by atoms with Crippen LogP contribution in [-0.4, -0.2) is 15.6 Å². The summed E-state index contributed by atoms with van der Waals surface area (Å²) < 4.78 is 1.63. The normalized spacial score (nSPS) is 12.5. The lowest BCUT2D eigenvalue weighted by Gasteiger charge is -2.18. The van der Waals surface area contributed by atoms with Crippen LogP contribution in [0.25, 0.3) is 0 Å². The zero-order valence-corrected chi connectivity index (χ0v) is 10.8. The molecule has 1 rings (SSSR count). The first-order chi connectivity index (χ1) is 7.97. The maximum absolute atomic E-state index is 12.1. The number of hydrogen-bond donors (Lipinski definition) is 1. The van der Waals surface area contributed by atoms with Crippen LogP contribution in [0.3, 0.4) is 0 Å². The van der Waals surface area contributed by atoms with Crippen LogP contribution in [0.2, 0.25) is 0 Å². The van der Waals surface area contributed by atoms with Crippen molar-refractivity contribution in [3.05, 3.63) is 22.7 Å². The van der Waals surface area contributed by atoms with Crippen molar-refractivity contribution in [1.82, 2.24) is 9.55 Å². The fourth-order valence-corrected chi connectivity index (χ4v) is 1.48. The summed E-state index contributed by atoms with van der Waals surface area (Å²) in [6, 6.07) is -0.0763. The fourth-order valence-electron chi connectivity index (χ4n) is 1.48. The Labute approximate surface area is 102 Å². The van der Waals surface area contributed by atoms with Gasteiger partial charge in [0, 0.05) is 18.4 Å². The Hall–Kier alpha value is -1.76. The number of terminal acetylenes is 1. The Kier molecular flexibility index (Phi) is 4.33. The van der Waals surface area contributed by atoms with Gasteiger partial charge in [-0.1, -0.05) is 19.8 Å². The number of anilines is 1. The summed E-state index contributed by atoms with van der Waals surface area (Å²) in [6.07, 6.45) is 8.71. The van der Waals surface area contributed by atoms with Crippen LogP contribution < -0.4 is 10.9 Å². The molecule has 0 saturated carbocycles. The van der Waals surface area contributed by atoms with Crippen molar-refractivity contribution in [1.29, 1.82) is 0 Å². The molecule has 0 aliphatic carbocycles. The quantitative estimate of drug-likeness (QED) is 0.808. The molecule has 4 nitrogen and oxygen atoms in total. The van der Waals surface area contributed by atoms with Gasteiger partial charge in [0.2, 0.25) is 0 Å². The van der Waals surface area contributed by atoms with Gasteiger partial charge >= 0.3 is 0 Å². The minimum atomic E-state index is -0.182. The van der Waals surface area contributed by atoms with E-state index in [9.17, 15) is 4.79 Å². The molecule has 1 aromatic heterocycles. The maximum Gasteiger partial charge on any atom is 0.293 e. The van der Waals surface area contributed by atoms with Gasteiger partial charge in [-0.2, -0.15) is 0 Å². The first-order valence-electron chi connectivity index (χ1n) is 5.77. The van der Waals surface area contributed by atoms with Crippen molar-refractivity contribution in [3.8, 4) is 12.3 Å². The third kappa shape index (κ3) is 3.10. The molecule has 0 spiro atoms. The molecule has 1 heterocycles. The molecule has 17 heavy (non-hydrogen) atoms. The van der Waals surface area contributed by atoms with Gasteiger partial charge in [-0.25, -0.2) is 4.98 Å². The highest BCUT2D eigenvalue weighted by Gasteiger charge is 2.14. The van der Waals surface area contributed by atoms with E-state index in [4.69, 9.17) is 6.42 Å². The average molecular weight is 233 g/mol. The van der Waals surface area contributed by atoms with Gasteiger partial charge in [-0.3, -0.25) is 4.79 Å². The lowest BCUT2D eigenvalue weighted by Crippen LogP contribution is -2.31. The molecule has 0 bridgehead atoms. The summed E-state index contributed by atoms with van der Waals surface area (Å²) in [5, 5.41) is 3.01. The van der Waals surface area contributed by atoms with E-state index >= 15 is 0 Å². The fraction of sp³-hybridized carbons (Fsp3) is 0.538. The summed E-state index contributed by atoms with van der Waals surface area (Å²) in [5.74, 6) is 3.19. The molecule has 0 radical (unpaired) electrons. The van der Waals surface area contributed by atoms with E-state index in [1.807, 2.05) is 27.7 Å².